The van der Waals surface area contributed by atoms with Gasteiger partial charge in [0.2, 0.25) is 11.8 Å². The number of carbonyl (C=O) groups is 2. The van der Waals surface area contributed by atoms with E-state index < -0.39 is 23.5 Å². The van der Waals surface area contributed by atoms with Gasteiger partial charge in [-0.1, -0.05) is 0 Å². The van der Waals surface area contributed by atoms with E-state index in [-0.39, 0.29) is 31.7 Å². The number of hydrogen-bond acceptors (Lipinski definition) is 2. The minimum Gasteiger partial charge on any atom is -0.355 e. The number of hydrogen-bond donors (Lipinski definition) is 2. The highest BCUT2D eigenvalue weighted by molar-refractivity contribution is 5.84. The number of halogens is 3. The summed E-state index contributed by atoms with van der Waals surface area (Å²) in [5.41, 5.74) is -2.01. The van der Waals surface area contributed by atoms with Gasteiger partial charge in [0.15, 0.2) is 0 Å². The molecule has 2 rings (SSSR count). The van der Waals surface area contributed by atoms with Gasteiger partial charge in [-0.15, -0.1) is 0 Å². The maximum absolute atomic E-state index is 12.6. The summed E-state index contributed by atoms with van der Waals surface area (Å²) >= 11 is 0. The fourth-order valence-electron chi connectivity index (χ4n) is 1.90. The normalized spacial score (nSPS) is 27.2. The monoisotopic (exact) mass is 250 g/mol. The Balaban J connectivity index is 1.92. The highest BCUT2D eigenvalue weighted by Crippen LogP contribution is 2.49. The molecule has 1 aliphatic carbocycles. The Hall–Kier alpha value is -1.27. The number of alkyl halides is 3. The van der Waals surface area contributed by atoms with E-state index in [0.717, 1.165) is 0 Å². The molecule has 7 heteroatoms. The van der Waals surface area contributed by atoms with Crippen molar-refractivity contribution in [1.29, 1.82) is 0 Å². The molecule has 2 fully saturated rings. The van der Waals surface area contributed by atoms with Gasteiger partial charge in [-0.25, -0.2) is 0 Å². The smallest absolute Gasteiger partial charge is 0.355 e. The minimum atomic E-state index is -4.39. The molecule has 2 amide bonds. The molecule has 0 spiro atoms. The summed E-state index contributed by atoms with van der Waals surface area (Å²) in [5.74, 6) is -1.32. The van der Waals surface area contributed by atoms with Crippen LogP contribution >= 0.6 is 0 Å². The highest BCUT2D eigenvalue weighted by Gasteiger charge is 2.64. The predicted molar refractivity (Wildman–Crippen MR) is 51.9 cm³/mol. The predicted octanol–water partition coefficient (Wildman–Crippen LogP) is 0.724. The average Bonchev–Trinajstić information content (AvgIpc) is 2.98. The van der Waals surface area contributed by atoms with E-state index in [9.17, 15) is 22.8 Å². The van der Waals surface area contributed by atoms with Crippen molar-refractivity contribution < 1.29 is 22.8 Å². The van der Waals surface area contributed by atoms with E-state index in [2.05, 4.69) is 10.6 Å². The standard InChI is InChI=1S/C10H13F3N2O2/c11-10(12,13)9(3-4-9)15-8(17)6-1-2-7(16)14-5-6/h6H,1-5H2,(H,14,16)(H,15,17). The first kappa shape index (κ1) is 12.2. The van der Waals surface area contributed by atoms with Crippen LogP contribution in [-0.2, 0) is 9.59 Å². The molecule has 2 N–H and O–H groups in total. The molecule has 0 bridgehead atoms. The third-order valence-corrected chi connectivity index (χ3v) is 3.29. The van der Waals surface area contributed by atoms with Crippen LogP contribution in [0.5, 0.6) is 0 Å². The van der Waals surface area contributed by atoms with E-state index in [0.29, 0.717) is 6.42 Å². The van der Waals surface area contributed by atoms with Crippen LogP contribution in [0.3, 0.4) is 0 Å². The summed E-state index contributed by atoms with van der Waals surface area (Å²) in [6.07, 6.45) is -3.99. The zero-order valence-electron chi connectivity index (χ0n) is 9.06. The molecule has 1 heterocycles. The lowest BCUT2D eigenvalue weighted by Gasteiger charge is -2.26. The minimum absolute atomic E-state index is 0.0542. The maximum atomic E-state index is 12.6. The zero-order valence-corrected chi connectivity index (χ0v) is 9.06. The summed E-state index contributed by atoms with van der Waals surface area (Å²) in [6, 6.07) is 0. The molecule has 17 heavy (non-hydrogen) atoms. The quantitative estimate of drug-likeness (QED) is 0.758. The van der Waals surface area contributed by atoms with E-state index in [1.165, 1.54) is 0 Å². The first-order valence-electron chi connectivity index (χ1n) is 5.49. The third kappa shape index (κ3) is 2.37. The van der Waals surface area contributed by atoms with Crippen LogP contribution in [0.15, 0.2) is 0 Å². The van der Waals surface area contributed by atoms with Crippen molar-refractivity contribution in [2.24, 2.45) is 5.92 Å². The van der Waals surface area contributed by atoms with Crippen LogP contribution in [0.25, 0.3) is 0 Å². The van der Waals surface area contributed by atoms with Gasteiger partial charge in [-0.05, 0) is 19.3 Å². The Labute approximate surface area is 95.9 Å². The van der Waals surface area contributed by atoms with Crippen molar-refractivity contribution in [2.75, 3.05) is 6.54 Å². The second-order valence-corrected chi connectivity index (χ2v) is 4.61. The van der Waals surface area contributed by atoms with Gasteiger partial charge in [0.1, 0.15) is 5.54 Å². The van der Waals surface area contributed by atoms with Crippen LogP contribution in [0.2, 0.25) is 0 Å². The molecule has 2 aliphatic rings. The number of piperidine rings is 1. The van der Waals surface area contributed by atoms with Crippen molar-refractivity contribution in [3.8, 4) is 0 Å². The molecule has 4 nitrogen and oxygen atoms in total. The van der Waals surface area contributed by atoms with Gasteiger partial charge in [0.05, 0.1) is 5.92 Å². The van der Waals surface area contributed by atoms with Gasteiger partial charge < -0.3 is 10.6 Å². The lowest BCUT2D eigenvalue weighted by Crippen LogP contribution is -2.52. The van der Waals surface area contributed by atoms with Gasteiger partial charge >= 0.3 is 6.18 Å². The van der Waals surface area contributed by atoms with Crippen molar-refractivity contribution in [3.05, 3.63) is 0 Å². The van der Waals surface area contributed by atoms with E-state index in [1.54, 1.807) is 0 Å². The molecule has 1 atom stereocenters. The molecular formula is C10H13F3N2O2. The fourth-order valence-corrected chi connectivity index (χ4v) is 1.90. The third-order valence-electron chi connectivity index (χ3n) is 3.29. The summed E-state index contributed by atoms with van der Waals surface area (Å²) in [5, 5.41) is 4.55. The zero-order chi connectivity index (χ0) is 12.7. The topological polar surface area (TPSA) is 58.2 Å². The highest BCUT2D eigenvalue weighted by atomic mass is 19.4. The number of carbonyl (C=O) groups excluding carboxylic acids is 2. The van der Waals surface area contributed by atoms with Crippen LogP contribution in [-0.4, -0.2) is 30.1 Å². The van der Waals surface area contributed by atoms with Crippen molar-refractivity contribution >= 4 is 11.8 Å². The van der Waals surface area contributed by atoms with Gasteiger partial charge in [0, 0.05) is 13.0 Å². The Bertz CT molecular complexity index is 340. The number of nitrogens with one attached hydrogen (secondary N) is 2. The molecular weight excluding hydrogens is 237 g/mol. The molecule has 0 radical (unpaired) electrons. The fraction of sp³-hybridized carbons (Fsp3) is 0.800. The molecule has 0 aromatic carbocycles. The van der Waals surface area contributed by atoms with Crippen LogP contribution in [0.1, 0.15) is 25.7 Å². The summed E-state index contributed by atoms with van der Waals surface area (Å²) in [6.45, 7) is 0.124. The first-order chi connectivity index (χ1) is 7.84. The number of rotatable bonds is 2. The molecule has 1 saturated heterocycles. The Kier molecular flexibility index (Phi) is 2.79. The molecule has 1 aliphatic heterocycles. The molecule has 0 aromatic heterocycles. The van der Waals surface area contributed by atoms with Gasteiger partial charge in [-0.3, -0.25) is 9.59 Å². The largest absolute Gasteiger partial charge is 0.411 e. The maximum Gasteiger partial charge on any atom is 0.411 e. The molecule has 96 valence electrons. The molecule has 1 unspecified atom stereocenters. The van der Waals surface area contributed by atoms with E-state index >= 15 is 0 Å². The summed E-state index contributed by atoms with van der Waals surface area (Å²) in [7, 11) is 0. The Morgan fingerprint density at radius 2 is 2.06 bits per heavy atom. The van der Waals surface area contributed by atoms with Crippen LogP contribution in [0.4, 0.5) is 13.2 Å². The number of amides is 2. The SMILES string of the molecule is O=C1CCC(C(=O)NC2(C(F)(F)F)CC2)CN1. The van der Waals surface area contributed by atoms with Gasteiger partial charge in [-0.2, -0.15) is 13.2 Å². The Morgan fingerprint density at radius 1 is 1.41 bits per heavy atom. The Morgan fingerprint density at radius 3 is 2.47 bits per heavy atom. The van der Waals surface area contributed by atoms with E-state index in [4.69, 9.17) is 0 Å². The molecule has 0 aromatic rings. The lowest BCUT2D eigenvalue weighted by atomic mass is 9.98. The summed E-state index contributed by atoms with van der Waals surface area (Å²) in [4.78, 5) is 22.5. The average molecular weight is 250 g/mol. The van der Waals surface area contributed by atoms with Crippen molar-refractivity contribution in [3.63, 3.8) is 0 Å². The van der Waals surface area contributed by atoms with Crippen LogP contribution in [0, 0.1) is 5.92 Å². The van der Waals surface area contributed by atoms with Crippen molar-refractivity contribution in [1.82, 2.24) is 10.6 Å². The molecule has 1 saturated carbocycles. The lowest BCUT2D eigenvalue weighted by molar-refractivity contribution is -0.171. The van der Waals surface area contributed by atoms with Crippen molar-refractivity contribution in [2.45, 2.75) is 37.4 Å². The summed E-state index contributed by atoms with van der Waals surface area (Å²) < 4.78 is 37.8. The van der Waals surface area contributed by atoms with Gasteiger partial charge in [0.25, 0.3) is 0 Å². The van der Waals surface area contributed by atoms with E-state index in [1.807, 2.05) is 0 Å². The second-order valence-electron chi connectivity index (χ2n) is 4.61. The second kappa shape index (κ2) is 3.89. The first-order valence-corrected chi connectivity index (χ1v) is 5.49. The van der Waals surface area contributed by atoms with Crippen LogP contribution < -0.4 is 10.6 Å².